The lowest BCUT2D eigenvalue weighted by molar-refractivity contribution is -0.115. The van der Waals surface area contributed by atoms with Gasteiger partial charge in [-0.1, -0.05) is 24.3 Å². The first-order valence-corrected chi connectivity index (χ1v) is 8.22. The Labute approximate surface area is 142 Å². The number of hydrogen-bond acceptors (Lipinski definition) is 5. The van der Waals surface area contributed by atoms with E-state index < -0.39 is 0 Å². The lowest BCUT2D eigenvalue weighted by Crippen LogP contribution is -2.44. The maximum atomic E-state index is 12.3. The number of amides is 1. The maximum Gasteiger partial charge on any atom is 0.229 e. The van der Waals surface area contributed by atoms with E-state index in [1.165, 1.54) is 6.33 Å². The summed E-state index contributed by atoms with van der Waals surface area (Å²) in [4.78, 5) is 25.3. The van der Waals surface area contributed by atoms with Crippen molar-refractivity contribution in [2.24, 2.45) is 0 Å². The Bertz CT molecular complexity index is 710. The van der Waals surface area contributed by atoms with Gasteiger partial charge in [0.05, 0.1) is 6.42 Å². The lowest BCUT2D eigenvalue weighted by Gasteiger charge is -2.33. The summed E-state index contributed by atoms with van der Waals surface area (Å²) >= 11 is 0. The highest BCUT2D eigenvalue weighted by molar-refractivity contribution is 5.91. The fourth-order valence-corrected chi connectivity index (χ4v) is 2.79. The highest BCUT2D eigenvalue weighted by atomic mass is 16.1. The van der Waals surface area contributed by atoms with E-state index in [0.29, 0.717) is 12.2 Å². The zero-order valence-electron chi connectivity index (χ0n) is 14.2. The Balaban J connectivity index is 1.64. The van der Waals surface area contributed by atoms with Crippen LogP contribution in [0.15, 0.2) is 36.7 Å². The molecule has 6 nitrogen and oxygen atoms in total. The first kappa shape index (κ1) is 16.4. The van der Waals surface area contributed by atoms with Gasteiger partial charge in [0.2, 0.25) is 5.91 Å². The summed E-state index contributed by atoms with van der Waals surface area (Å²) in [7, 11) is 2.12. The first-order valence-electron chi connectivity index (χ1n) is 8.22. The molecule has 0 aliphatic carbocycles. The Morgan fingerprint density at radius 2 is 1.92 bits per heavy atom. The Morgan fingerprint density at radius 3 is 2.67 bits per heavy atom. The van der Waals surface area contributed by atoms with Crippen LogP contribution in [0.25, 0.3) is 0 Å². The number of benzene rings is 1. The molecule has 126 valence electrons. The number of aryl methyl sites for hydroxylation is 1. The summed E-state index contributed by atoms with van der Waals surface area (Å²) in [5, 5.41) is 2.88. The van der Waals surface area contributed by atoms with Crippen molar-refractivity contribution in [1.82, 2.24) is 14.9 Å². The second-order valence-corrected chi connectivity index (χ2v) is 6.20. The predicted octanol–water partition coefficient (Wildman–Crippen LogP) is 1.72. The van der Waals surface area contributed by atoms with E-state index in [1.54, 1.807) is 0 Å². The van der Waals surface area contributed by atoms with Crippen LogP contribution < -0.4 is 10.2 Å². The molecule has 0 saturated carbocycles. The number of nitrogens with one attached hydrogen (secondary N) is 1. The van der Waals surface area contributed by atoms with Gasteiger partial charge in [-0.2, -0.15) is 0 Å². The van der Waals surface area contributed by atoms with Crippen LogP contribution in [0, 0.1) is 6.92 Å². The van der Waals surface area contributed by atoms with Crippen molar-refractivity contribution in [2.75, 3.05) is 43.4 Å². The van der Waals surface area contributed by atoms with Crippen LogP contribution in [0.2, 0.25) is 0 Å². The molecule has 0 bridgehead atoms. The second-order valence-electron chi connectivity index (χ2n) is 6.20. The van der Waals surface area contributed by atoms with Gasteiger partial charge in [0.25, 0.3) is 0 Å². The number of rotatable bonds is 4. The van der Waals surface area contributed by atoms with Crippen LogP contribution in [0.3, 0.4) is 0 Å². The Kier molecular flexibility index (Phi) is 5.05. The number of aromatic nitrogens is 2. The first-order chi connectivity index (χ1) is 11.6. The van der Waals surface area contributed by atoms with Crippen molar-refractivity contribution in [3.8, 4) is 0 Å². The average molecular weight is 325 g/mol. The predicted molar refractivity (Wildman–Crippen MR) is 95.3 cm³/mol. The molecule has 24 heavy (non-hydrogen) atoms. The van der Waals surface area contributed by atoms with Crippen molar-refractivity contribution in [3.05, 3.63) is 47.8 Å². The van der Waals surface area contributed by atoms with Crippen LogP contribution >= 0.6 is 0 Å². The third kappa shape index (κ3) is 4.08. The van der Waals surface area contributed by atoms with Gasteiger partial charge in [0, 0.05) is 32.2 Å². The van der Waals surface area contributed by atoms with Crippen LogP contribution in [0.5, 0.6) is 0 Å². The van der Waals surface area contributed by atoms with Crippen LogP contribution in [-0.2, 0) is 11.2 Å². The molecule has 0 unspecified atom stereocenters. The molecule has 1 aromatic carbocycles. The topological polar surface area (TPSA) is 61.4 Å². The van der Waals surface area contributed by atoms with Crippen molar-refractivity contribution in [3.63, 3.8) is 0 Å². The third-order valence-electron chi connectivity index (χ3n) is 4.36. The molecule has 6 heteroatoms. The standard InChI is InChI=1S/C18H23N5O/c1-14-5-3-4-6-15(14)11-18(24)21-16-12-17(20-13-19-16)23-9-7-22(2)8-10-23/h3-6,12-13H,7-11H2,1-2H3,(H,19,20,21,24). The number of anilines is 2. The molecule has 0 atom stereocenters. The largest absolute Gasteiger partial charge is 0.354 e. The van der Waals surface area contributed by atoms with Gasteiger partial charge in [-0.25, -0.2) is 9.97 Å². The normalized spacial score (nSPS) is 15.3. The van der Waals surface area contributed by atoms with Gasteiger partial charge in [-0.05, 0) is 25.1 Å². The average Bonchev–Trinajstić information content (AvgIpc) is 2.58. The highest BCUT2D eigenvalue weighted by Crippen LogP contribution is 2.16. The van der Waals surface area contributed by atoms with Crippen molar-refractivity contribution in [2.45, 2.75) is 13.3 Å². The minimum absolute atomic E-state index is 0.0627. The van der Waals surface area contributed by atoms with E-state index in [1.807, 2.05) is 37.3 Å². The molecule has 1 aromatic heterocycles. The molecule has 2 heterocycles. The molecule has 1 N–H and O–H groups in total. The van der Waals surface area contributed by atoms with E-state index in [0.717, 1.165) is 43.1 Å². The highest BCUT2D eigenvalue weighted by Gasteiger charge is 2.16. The molecular weight excluding hydrogens is 302 g/mol. The molecule has 3 rings (SSSR count). The van der Waals surface area contributed by atoms with Gasteiger partial charge in [-0.15, -0.1) is 0 Å². The zero-order valence-corrected chi connectivity index (χ0v) is 14.2. The van der Waals surface area contributed by atoms with Crippen LogP contribution in [0.1, 0.15) is 11.1 Å². The lowest BCUT2D eigenvalue weighted by atomic mass is 10.1. The molecular formula is C18H23N5O. The molecule has 1 fully saturated rings. The van der Waals surface area contributed by atoms with Gasteiger partial charge in [0.15, 0.2) is 0 Å². The number of carbonyl (C=O) groups is 1. The van der Waals surface area contributed by atoms with E-state index in [4.69, 9.17) is 0 Å². The smallest absolute Gasteiger partial charge is 0.229 e. The van der Waals surface area contributed by atoms with Gasteiger partial charge in [0.1, 0.15) is 18.0 Å². The molecule has 1 saturated heterocycles. The van der Waals surface area contributed by atoms with Crippen LogP contribution in [0.4, 0.5) is 11.6 Å². The van der Waals surface area contributed by atoms with Gasteiger partial charge < -0.3 is 15.1 Å². The molecule has 0 spiro atoms. The van der Waals surface area contributed by atoms with Crippen LogP contribution in [-0.4, -0.2) is 54.0 Å². The summed E-state index contributed by atoms with van der Waals surface area (Å²) in [5.41, 5.74) is 2.15. The van der Waals surface area contributed by atoms with Crippen molar-refractivity contribution in [1.29, 1.82) is 0 Å². The van der Waals surface area contributed by atoms with E-state index >= 15 is 0 Å². The van der Waals surface area contributed by atoms with Gasteiger partial charge in [-0.3, -0.25) is 4.79 Å². The molecule has 0 radical (unpaired) electrons. The maximum absolute atomic E-state index is 12.3. The fraction of sp³-hybridized carbons (Fsp3) is 0.389. The van der Waals surface area contributed by atoms with Crippen molar-refractivity contribution < 1.29 is 4.79 Å². The Morgan fingerprint density at radius 1 is 1.17 bits per heavy atom. The monoisotopic (exact) mass is 325 g/mol. The molecule has 2 aromatic rings. The molecule has 1 aliphatic heterocycles. The van der Waals surface area contributed by atoms with E-state index in [2.05, 4.69) is 32.1 Å². The molecule has 1 amide bonds. The van der Waals surface area contributed by atoms with E-state index in [-0.39, 0.29) is 5.91 Å². The van der Waals surface area contributed by atoms with E-state index in [9.17, 15) is 4.79 Å². The summed E-state index contributed by atoms with van der Waals surface area (Å²) in [6.45, 7) is 5.91. The SMILES string of the molecule is Cc1ccccc1CC(=O)Nc1cc(N2CCN(C)CC2)ncn1. The number of carbonyl (C=O) groups excluding carboxylic acids is 1. The van der Waals surface area contributed by atoms with Gasteiger partial charge >= 0.3 is 0 Å². The Hall–Kier alpha value is -2.47. The number of likely N-dealkylation sites (N-methyl/N-ethyl adjacent to an activating group) is 1. The number of nitrogens with zero attached hydrogens (tertiary/aromatic N) is 4. The third-order valence-corrected chi connectivity index (χ3v) is 4.36. The number of piperazine rings is 1. The zero-order chi connectivity index (χ0) is 16.9. The summed E-state index contributed by atoms with van der Waals surface area (Å²) in [6.07, 6.45) is 1.86. The summed E-state index contributed by atoms with van der Waals surface area (Å²) < 4.78 is 0. The fourth-order valence-electron chi connectivity index (χ4n) is 2.79. The minimum atomic E-state index is -0.0627. The van der Waals surface area contributed by atoms with Crippen molar-refractivity contribution >= 4 is 17.5 Å². The molecule has 1 aliphatic rings. The number of hydrogen-bond donors (Lipinski definition) is 1. The summed E-state index contributed by atoms with van der Waals surface area (Å²) in [5.74, 6) is 1.36. The minimum Gasteiger partial charge on any atom is -0.354 e. The second kappa shape index (κ2) is 7.40. The quantitative estimate of drug-likeness (QED) is 0.927. The summed E-state index contributed by atoms with van der Waals surface area (Å²) in [6, 6.07) is 9.76.